The molecular formula is C15H25BrN2O2. The summed E-state index contributed by atoms with van der Waals surface area (Å²) in [6, 6.07) is 4.31. The highest BCUT2D eigenvalue weighted by molar-refractivity contribution is 9.10. The summed E-state index contributed by atoms with van der Waals surface area (Å²) in [5.74, 6) is 0.659. The number of hydrogen-bond acceptors (Lipinski definition) is 4. The van der Waals surface area contributed by atoms with Crippen molar-refractivity contribution < 1.29 is 9.84 Å². The van der Waals surface area contributed by atoms with Crippen molar-refractivity contribution >= 4 is 15.9 Å². The molecule has 0 bridgehead atoms. The highest BCUT2D eigenvalue weighted by atomic mass is 79.9. The van der Waals surface area contributed by atoms with Crippen molar-refractivity contribution in [2.24, 2.45) is 0 Å². The van der Waals surface area contributed by atoms with Crippen molar-refractivity contribution in [2.45, 2.75) is 26.4 Å². The highest BCUT2D eigenvalue weighted by Crippen LogP contribution is 2.35. The van der Waals surface area contributed by atoms with Crippen molar-refractivity contribution in [3.63, 3.8) is 0 Å². The molecule has 0 fully saturated rings. The molecule has 0 spiro atoms. The lowest BCUT2D eigenvalue weighted by atomic mass is 10.1. The molecule has 0 saturated carbocycles. The zero-order chi connectivity index (χ0) is 15.3. The standard InChI is InChI=1S/C15H25BrN2O2/c1-6-18(11(2)9-17(3)4)10-12-7-13(16)15(19)14(8-12)20-5/h7-8,11,19H,6,9-10H2,1-5H3. The largest absolute Gasteiger partial charge is 0.503 e. The van der Waals surface area contributed by atoms with Crippen molar-refractivity contribution in [1.82, 2.24) is 9.80 Å². The Bertz CT molecular complexity index is 438. The van der Waals surface area contributed by atoms with Gasteiger partial charge in [0, 0.05) is 19.1 Å². The molecule has 0 amide bonds. The van der Waals surface area contributed by atoms with E-state index in [1.165, 1.54) is 0 Å². The Balaban J connectivity index is 2.87. The molecule has 1 N–H and O–H groups in total. The molecule has 0 aliphatic heterocycles. The zero-order valence-electron chi connectivity index (χ0n) is 13.0. The maximum atomic E-state index is 9.85. The lowest BCUT2D eigenvalue weighted by Crippen LogP contribution is -2.39. The Morgan fingerprint density at radius 3 is 2.50 bits per heavy atom. The number of phenolic OH excluding ortho intramolecular Hbond substituents is 1. The molecule has 20 heavy (non-hydrogen) atoms. The summed E-state index contributed by atoms with van der Waals surface area (Å²) in [5.41, 5.74) is 1.12. The fourth-order valence-corrected chi connectivity index (χ4v) is 2.82. The molecule has 0 aliphatic rings. The number of methoxy groups -OCH3 is 1. The van der Waals surface area contributed by atoms with Gasteiger partial charge in [-0.25, -0.2) is 0 Å². The summed E-state index contributed by atoms with van der Waals surface area (Å²) in [5, 5.41) is 9.85. The lowest BCUT2D eigenvalue weighted by Gasteiger charge is -2.30. The van der Waals surface area contributed by atoms with Gasteiger partial charge in [-0.15, -0.1) is 0 Å². The third kappa shape index (κ3) is 4.65. The summed E-state index contributed by atoms with van der Waals surface area (Å²) in [4.78, 5) is 4.60. The van der Waals surface area contributed by atoms with Crippen molar-refractivity contribution in [3.05, 3.63) is 22.2 Å². The Kier molecular flexibility index (Phi) is 6.79. The summed E-state index contributed by atoms with van der Waals surface area (Å²) >= 11 is 3.37. The first-order chi connectivity index (χ1) is 9.38. The Morgan fingerprint density at radius 2 is 2.00 bits per heavy atom. The van der Waals surface area contributed by atoms with E-state index < -0.39 is 0 Å². The van der Waals surface area contributed by atoms with Gasteiger partial charge in [0.05, 0.1) is 11.6 Å². The maximum absolute atomic E-state index is 9.85. The molecule has 1 aromatic carbocycles. The van der Waals surface area contributed by atoms with Crippen molar-refractivity contribution in [3.8, 4) is 11.5 Å². The van der Waals surface area contributed by atoms with Gasteiger partial charge in [-0.05, 0) is 61.2 Å². The van der Waals surface area contributed by atoms with Gasteiger partial charge in [-0.3, -0.25) is 4.90 Å². The van der Waals surface area contributed by atoms with Crippen LogP contribution in [0.4, 0.5) is 0 Å². The van der Waals surface area contributed by atoms with E-state index in [9.17, 15) is 5.11 Å². The minimum absolute atomic E-state index is 0.153. The van der Waals surface area contributed by atoms with Gasteiger partial charge in [-0.2, -0.15) is 0 Å². The van der Waals surface area contributed by atoms with Crippen LogP contribution >= 0.6 is 15.9 Å². The topological polar surface area (TPSA) is 35.9 Å². The molecule has 114 valence electrons. The zero-order valence-corrected chi connectivity index (χ0v) is 14.6. The van der Waals surface area contributed by atoms with Crippen LogP contribution in [0.1, 0.15) is 19.4 Å². The molecule has 0 radical (unpaired) electrons. The molecule has 5 heteroatoms. The Labute approximate surface area is 130 Å². The van der Waals surface area contributed by atoms with E-state index in [0.29, 0.717) is 16.3 Å². The van der Waals surface area contributed by atoms with Gasteiger partial charge in [0.2, 0.25) is 0 Å². The fourth-order valence-electron chi connectivity index (χ4n) is 2.33. The first-order valence-corrected chi connectivity index (χ1v) is 7.62. The second kappa shape index (κ2) is 7.86. The number of phenols is 1. The molecule has 1 rings (SSSR count). The fraction of sp³-hybridized carbons (Fsp3) is 0.600. The number of benzene rings is 1. The predicted octanol–water partition coefficient (Wildman–Crippen LogP) is 2.94. The predicted molar refractivity (Wildman–Crippen MR) is 86.5 cm³/mol. The Hall–Kier alpha value is -0.780. The average molecular weight is 345 g/mol. The first kappa shape index (κ1) is 17.3. The SMILES string of the molecule is CCN(Cc1cc(Br)c(O)c(OC)c1)C(C)CN(C)C. The summed E-state index contributed by atoms with van der Waals surface area (Å²) < 4.78 is 5.87. The van der Waals surface area contributed by atoms with E-state index in [0.717, 1.165) is 25.2 Å². The van der Waals surface area contributed by atoms with Crippen LogP contribution in [0, 0.1) is 0 Å². The molecule has 0 aromatic heterocycles. The van der Waals surface area contributed by atoms with Gasteiger partial charge in [0.15, 0.2) is 11.5 Å². The monoisotopic (exact) mass is 344 g/mol. The molecule has 0 aliphatic carbocycles. The van der Waals surface area contributed by atoms with Crippen molar-refractivity contribution in [2.75, 3.05) is 34.3 Å². The van der Waals surface area contributed by atoms with Crippen LogP contribution < -0.4 is 4.74 Å². The highest BCUT2D eigenvalue weighted by Gasteiger charge is 2.15. The van der Waals surface area contributed by atoms with E-state index in [2.05, 4.69) is 53.7 Å². The van der Waals surface area contributed by atoms with Gasteiger partial charge in [0.1, 0.15) is 0 Å². The molecular weight excluding hydrogens is 320 g/mol. The van der Waals surface area contributed by atoms with E-state index in [1.54, 1.807) is 7.11 Å². The average Bonchev–Trinajstić information content (AvgIpc) is 2.38. The van der Waals surface area contributed by atoms with Crippen LogP contribution in [0.15, 0.2) is 16.6 Å². The number of nitrogens with zero attached hydrogens (tertiary/aromatic N) is 2. The number of rotatable bonds is 7. The van der Waals surface area contributed by atoms with Gasteiger partial charge >= 0.3 is 0 Å². The van der Waals surface area contributed by atoms with Crippen LogP contribution in [0.25, 0.3) is 0 Å². The molecule has 1 aromatic rings. The number of hydrogen-bond donors (Lipinski definition) is 1. The summed E-state index contributed by atoms with van der Waals surface area (Å²) in [7, 11) is 5.74. The maximum Gasteiger partial charge on any atom is 0.172 e. The summed E-state index contributed by atoms with van der Waals surface area (Å²) in [6.07, 6.45) is 0. The second-order valence-electron chi connectivity index (χ2n) is 5.30. The van der Waals surface area contributed by atoms with E-state index >= 15 is 0 Å². The van der Waals surface area contributed by atoms with E-state index in [-0.39, 0.29) is 5.75 Å². The number of ether oxygens (including phenoxy) is 1. The van der Waals surface area contributed by atoms with Gasteiger partial charge < -0.3 is 14.7 Å². The van der Waals surface area contributed by atoms with E-state index in [1.807, 2.05) is 12.1 Å². The Morgan fingerprint density at radius 1 is 1.35 bits per heavy atom. The normalized spacial score (nSPS) is 13.0. The van der Waals surface area contributed by atoms with Gasteiger partial charge in [-0.1, -0.05) is 6.92 Å². The third-order valence-corrected chi connectivity index (χ3v) is 3.96. The smallest absolute Gasteiger partial charge is 0.172 e. The molecule has 1 unspecified atom stereocenters. The molecule has 0 heterocycles. The number of halogens is 1. The van der Waals surface area contributed by atoms with Crippen molar-refractivity contribution in [1.29, 1.82) is 0 Å². The van der Waals surface area contributed by atoms with Crippen LogP contribution in [0.3, 0.4) is 0 Å². The second-order valence-corrected chi connectivity index (χ2v) is 6.16. The minimum atomic E-state index is 0.153. The summed E-state index contributed by atoms with van der Waals surface area (Å²) in [6.45, 7) is 7.23. The lowest BCUT2D eigenvalue weighted by molar-refractivity contribution is 0.174. The van der Waals surface area contributed by atoms with Gasteiger partial charge in [0.25, 0.3) is 0 Å². The quantitative estimate of drug-likeness (QED) is 0.824. The molecule has 0 saturated heterocycles. The molecule has 1 atom stereocenters. The number of likely N-dealkylation sites (N-methyl/N-ethyl adjacent to an activating group) is 2. The van der Waals surface area contributed by atoms with Crippen LogP contribution in [-0.4, -0.2) is 55.2 Å². The van der Waals surface area contributed by atoms with Crippen LogP contribution in [0.2, 0.25) is 0 Å². The van der Waals surface area contributed by atoms with Crippen LogP contribution in [-0.2, 0) is 6.54 Å². The molecule has 4 nitrogen and oxygen atoms in total. The third-order valence-electron chi connectivity index (χ3n) is 3.35. The van der Waals surface area contributed by atoms with E-state index in [4.69, 9.17) is 4.74 Å². The van der Waals surface area contributed by atoms with Crippen LogP contribution in [0.5, 0.6) is 11.5 Å². The minimum Gasteiger partial charge on any atom is -0.503 e. The number of aromatic hydroxyl groups is 1. The first-order valence-electron chi connectivity index (χ1n) is 6.83.